The summed E-state index contributed by atoms with van der Waals surface area (Å²) in [5.74, 6) is 0.334. The average Bonchev–Trinajstić information content (AvgIpc) is 2.03. The second kappa shape index (κ2) is 3.81. The Kier molecular flexibility index (Phi) is 2.96. The molecule has 0 spiro atoms. The Hall–Kier alpha value is -0.995. The molecule has 13 heavy (non-hydrogen) atoms. The van der Waals surface area contributed by atoms with Crippen molar-refractivity contribution in [2.24, 2.45) is 0 Å². The second-order valence-corrected chi connectivity index (χ2v) is 3.46. The van der Waals surface area contributed by atoms with Crippen molar-refractivity contribution in [3.8, 4) is 0 Å². The van der Waals surface area contributed by atoms with E-state index in [9.17, 15) is 0 Å². The van der Waals surface area contributed by atoms with E-state index in [1.54, 1.807) is 12.1 Å². The number of benzene rings is 1. The van der Waals surface area contributed by atoms with Gasteiger partial charge < -0.3 is 15.8 Å². The zero-order valence-electron chi connectivity index (χ0n) is 7.86. The van der Waals surface area contributed by atoms with E-state index in [1.165, 1.54) is 0 Å². The Labute approximate surface area is 78.3 Å². The Morgan fingerprint density at radius 2 is 1.85 bits per heavy atom. The first-order chi connectivity index (χ1) is 6.00. The summed E-state index contributed by atoms with van der Waals surface area (Å²) < 4.78 is 0. The first-order valence-corrected chi connectivity index (χ1v) is 4.27. The number of hydrogen-bond donors (Lipinski definition) is 3. The maximum absolute atomic E-state index is 8.95. The Morgan fingerprint density at radius 3 is 2.31 bits per heavy atom. The second-order valence-electron chi connectivity index (χ2n) is 3.46. The highest BCUT2D eigenvalue weighted by atomic mass is 16.4. The van der Waals surface area contributed by atoms with E-state index in [1.807, 2.05) is 19.9 Å². The average molecular weight is 179 g/mol. The van der Waals surface area contributed by atoms with Crippen LogP contribution in [0.1, 0.15) is 25.3 Å². The molecular weight excluding hydrogens is 165 g/mol. The summed E-state index contributed by atoms with van der Waals surface area (Å²) >= 11 is 0. The van der Waals surface area contributed by atoms with Crippen LogP contribution in [-0.2, 0) is 0 Å². The van der Waals surface area contributed by atoms with Crippen molar-refractivity contribution in [2.45, 2.75) is 19.8 Å². The molecule has 0 saturated heterocycles. The standard InChI is InChI=1S/C9H14BNO2/c1-6(2)7-3-8(10(12)13)5-9(11)4-7/h3-6,12-13H,11H2,1-2H3. The topological polar surface area (TPSA) is 66.5 Å². The predicted molar refractivity (Wildman–Crippen MR) is 54.8 cm³/mol. The Balaban J connectivity index is 3.11. The molecule has 0 saturated carbocycles. The highest BCUT2D eigenvalue weighted by Gasteiger charge is 2.13. The fourth-order valence-electron chi connectivity index (χ4n) is 1.18. The van der Waals surface area contributed by atoms with Crippen molar-refractivity contribution in [1.82, 2.24) is 0 Å². The molecule has 0 aromatic heterocycles. The van der Waals surface area contributed by atoms with E-state index in [0.717, 1.165) is 5.56 Å². The molecule has 3 nitrogen and oxygen atoms in total. The van der Waals surface area contributed by atoms with Crippen LogP contribution in [0.15, 0.2) is 18.2 Å². The number of nitrogen functional groups attached to an aromatic ring is 1. The van der Waals surface area contributed by atoms with Crippen molar-refractivity contribution < 1.29 is 10.0 Å². The van der Waals surface area contributed by atoms with Gasteiger partial charge in [0, 0.05) is 5.69 Å². The lowest BCUT2D eigenvalue weighted by atomic mass is 9.78. The minimum Gasteiger partial charge on any atom is -0.423 e. The minimum absolute atomic E-state index is 0.334. The van der Waals surface area contributed by atoms with E-state index in [-0.39, 0.29) is 0 Å². The minimum atomic E-state index is -1.44. The molecule has 0 aliphatic rings. The number of nitrogens with two attached hydrogens (primary N) is 1. The summed E-state index contributed by atoms with van der Waals surface area (Å²) in [6.45, 7) is 4.06. The summed E-state index contributed by atoms with van der Waals surface area (Å²) in [4.78, 5) is 0. The van der Waals surface area contributed by atoms with Crippen molar-refractivity contribution in [3.63, 3.8) is 0 Å². The van der Waals surface area contributed by atoms with Crippen LogP contribution in [0.4, 0.5) is 5.69 Å². The summed E-state index contributed by atoms with van der Waals surface area (Å²) in [5.41, 5.74) is 7.64. The fourth-order valence-corrected chi connectivity index (χ4v) is 1.18. The number of anilines is 1. The number of hydrogen-bond acceptors (Lipinski definition) is 3. The summed E-state index contributed by atoms with van der Waals surface area (Å²) in [6.07, 6.45) is 0. The van der Waals surface area contributed by atoms with Gasteiger partial charge in [0.25, 0.3) is 0 Å². The predicted octanol–water partition coefficient (Wildman–Crippen LogP) is 0.0720. The third-order valence-corrected chi connectivity index (χ3v) is 1.96. The summed E-state index contributed by atoms with van der Waals surface area (Å²) in [6, 6.07) is 5.17. The molecule has 4 N–H and O–H groups in total. The molecule has 0 bridgehead atoms. The molecule has 1 aromatic rings. The van der Waals surface area contributed by atoms with Gasteiger partial charge in [-0.1, -0.05) is 19.9 Å². The third kappa shape index (κ3) is 2.47. The number of rotatable bonds is 2. The van der Waals surface area contributed by atoms with Gasteiger partial charge in [-0.3, -0.25) is 0 Å². The van der Waals surface area contributed by atoms with Crippen molar-refractivity contribution in [1.29, 1.82) is 0 Å². The molecule has 4 heteroatoms. The highest BCUT2D eigenvalue weighted by molar-refractivity contribution is 6.58. The van der Waals surface area contributed by atoms with E-state index < -0.39 is 7.12 Å². The largest absolute Gasteiger partial charge is 0.488 e. The summed E-state index contributed by atoms with van der Waals surface area (Å²) in [7, 11) is -1.44. The molecule has 0 aliphatic heterocycles. The van der Waals surface area contributed by atoms with E-state index in [2.05, 4.69) is 0 Å². The molecule has 0 unspecified atom stereocenters. The van der Waals surface area contributed by atoms with Crippen molar-refractivity contribution >= 4 is 18.3 Å². The van der Waals surface area contributed by atoms with Crippen LogP contribution in [-0.4, -0.2) is 17.2 Å². The molecule has 70 valence electrons. The van der Waals surface area contributed by atoms with Gasteiger partial charge >= 0.3 is 7.12 Å². The molecule has 0 fully saturated rings. The lowest BCUT2D eigenvalue weighted by Gasteiger charge is -2.09. The molecule has 0 amide bonds. The molecule has 0 aliphatic carbocycles. The van der Waals surface area contributed by atoms with Crippen LogP contribution in [0.25, 0.3) is 0 Å². The molecule has 1 rings (SSSR count). The lowest BCUT2D eigenvalue weighted by molar-refractivity contribution is 0.425. The van der Waals surface area contributed by atoms with Gasteiger partial charge in [-0.2, -0.15) is 0 Å². The SMILES string of the molecule is CC(C)c1cc(N)cc(B(O)O)c1. The van der Waals surface area contributed by atoms with Crippen LogP contribution in [0, 0.1) is 0 Å². The Morgan fingerprint density at radius 1 is 1.23 bits per heavy atom. The zero-order chi connectivity index (χ0) is 10.0. The zero-order valence-corrected chi connectivity index (χ0v) is 7.86. The highest BCUT2D eigenvalue weighted by Crippen LogP contribution is 2.15. The Bertz CT molecular complexity index is 273. The molecule has 0 atom stereocenters. The van der Waals surface area contributed by atoms with Crippen LogP contribution >= 0.6 is 0 Å². The van der Waals surface area contributed by atoms with Crippen molar-refractivity contribution in [3.05, 3.63) is 23.8 Å². The maximum atomic E-state index is 8.95. The molecular formula is C9H14BNO2. The van der Waals surface area contributed by atoms with Crippen molar-refractivity contribution in [2.75, 3.05) is 5.73 Å². The van der Waals surface area contributed by atoms with Gasteiger partial charge in [0.15, 0.2) is 0 Å². The monoisotopic (exact) mass is 179 g/mol. The van der Waals surface area contributed by atoms with Crippen LogP contribution < -0.4 is 11.2 Å². The van der Waals surface area contributed by atoms with Gasteiger partial charge in [-0.05, 0) is 29.1 Å². The van der Waals surface area contributed by atoms with Crippen LogP contribution in [0.5, 0.6) is 0 Å². The van der Waals surface area contributed by atoms with E-state index in [4.69, 9.17) is 15.8 Å². The first kappa shape index (κ1) is 10.1. The van der Waals surface area contributed by atoms with Gasteiger partial charge in [-0.25, -0.2) is 0 Å². The quantitative estimate of drug-likeness (QED) is 0.444. The first-order valence-electron chi connectivity index (χ1n) is 4.27. The molecule has 0 radical (unpaired) electrons. The smallest absolute Gasteiger partial charge is 0.423 e. The van der Waals surface area contributed by atoms with E-state index >= 15 is 0 Å². The van der Waals surface area contributed by atoms with Gasteiger partial charge in [0.05, 0.1) is 0 Å². The normalized spacial score (nSPS) is 10.5. The summed E-state index contributed by atoms with van der Waals surface area (Å²) in [5, 5.41) is 17.9. The molecule has 1 aromatic carbocycles. The van der Waals surface area contributed by atoms with Gasteiger partial charge in [0.1, 0.15) is 0 Å². The van der Waals surface area contributed by atoms with E-state index in [0.29, 0.717) is 17.1 Å². The third-order valence-electron chi connectivity index (χ3n) is 1.96. The maximum Gasteiger partial charge on any atom is 0.488 e. The van der Waals surface area contributed by atoms with Gasteiger partial charge in [-0.15, -0.1) is 0 Å². The fraction of sp³-hybridized carbons (Fsp3) is 0.333. The molecule has 0 heterocycles. The van der Waals surface area contributed by atoms with Crippen LogP contribution in [0.2, 0.25) is 0 Å². The van der Waals surface area contributed by atoms with Gasteiger partial charge in [0.2, 0.25) is 0 Å². The van der Waals surface area contributed by atoms with Crippen LogP contribution in [0.3, 0.4) is 0 Å². The lowest BCUT2D eigenvalue weighted by Crippen LogP contribution is -2.30.